The lowest BCUT2D eigenvalue weighted by Crippen LogP contribution is -2.49. The molecule has 0 bridgehead atoms. The lowest BCUT2D eigenvalue weighted by molar-refractivity contribution is 0.0910. The minimum absolute atomic E-state index is 0.231. The average molecular weight is 304 g/mol. The molecule has 2 rings (SSSR count). The van der Waals surface area contributed by atoms with Crippen molar-refractivity contribution in [1.29, 1.82) is 0 Å². The molecule has 1 aliphatic rings. The lowest BCUT2D eigenvalue weighted by atomic mass is 10.1. The van der Waals surface area contributed by atoms with Gasteiger partial charge in [-0.05, 0) is 19.1 Å². The predicted molar refractivity (Wildman–Crippen MR) is 74.7 cm³/mol. The molecule has 0 spiro atoms. The van der Waals surface area contributed by atoms with E-state index >= 15 is 0 Å². The van der Waals surface area contributed by atoms with E-state index in [9.17, 15) is 4.79 Å². The van der Waals surface area contributed by atoms with Crippen LogP contribution in [0.25, 0.3) is 0 Å². The van der Waals surface area contributed by atoms with Gasteiger partial charge in [-0.1, -0.05) is 6.07 Å². The van der Waals surface area contributed by atoms with Crippen LogP contribution in [0.2, 0.25) is 0 Å². The Morgan fingerprint density at radius 2 is 2.00 bits per heavy atom. The molecule has 6 heteroatoms. The van der Waals surface area contributed by atoms with Crippen molar-refractivity contribution in [2.24, 2.45) is 0 Å². The third-order valence-electron chi connectivity index (χ3n) is 2.82. The van der Waals surface area contributed by atoms with Gasteiger partial charge in [-0.3, -0.25) is 4.79 Å². The number of halogens is 2. The Morgan fingerprint density at radius 3 is 2.68 bits per heavy atom. The molecule has 1 aliphatic heterocycles. The van der Waals surface area contributed by atoms with Crippen LogP contribution in [-0.4, -0.2) is 36.4 Å². The second kappa shape index (κ2) is 5.88. The van der Waals surface area contributed by atoms with Gasteiger partial charge in [0.1, 0.15) is 13.2 Å². The molecule has 0 aromatic heterocycles. The fraction of sp³-hybridized carbons (Fsp3) is 0.462. The molecule has 4 nitrogen and oxygen atoms in total. The summed E-state index contributed by atoms with van der Waals surface area (Å²) < 4.78 is 10.9. The monoisotopic (exact) mass is 303 g/mol. The van der Waals surface area contributed by atoms with Crippen LogP contribution >= 0.6 is 23.2 Å². The van der Waals surface area contributed by atoms with Gasteiger partial charge in [-0.25, -0.2) is 0 Å². The summed E-state index contributed by atoms with van der Waals surface area (Å²) in [6.45, 7) is 2.70. The molecule has 1 aromatic rings. The molecule has 0 unspecified atom stereocenters. The first-order chi connectivity index (χ1) is 9.09. The van der Waals surface area contributed by atoms with Gasteiger partial charge in [0.2, 0.25) is 0 Å². The molecule has 19 heavy (non-hydrogen) atoms. The molecule has 1 N–H and O–H groups in total. The van der Waals surface area contributed by atoms with Crippen molar-refractivity contribution in [2.45, 2.75) is 12.5 Å². The highest BCUT2D eigenvalue weighted by atomic mass is 35.5. The molecule has 0 aliphatic carbocycles. The minimum Gasteiger partial charge on any atom is -0.486 e. The van der Waals surface area contributed by atoms with Crippen molar-refractivity contribution >= 4 is 29.1 Å². The molecular formula is C13H15Cl2NO3. The zero-order valence-corrected chi connectivity index (χ0v) is 12.1. The summed E-state index contributed by atoms with van der Waals surface area (Å²) in [7, 11) is 0. The maximum Gasteiger partial charge on any atom is 0.255 e. The van der Waals surface area contributed by atoms with Crippen LogP contribution in [0.3, 0.4) is 0 Å². The number of alkyl halides is 2. The standard InChI is InChI=1S/C13H15Cl2NO3/c1-13(7-14,8-15)16-12(17)9-3-2-4-10-11(9)19-6-5-18-10/h2-4H,5-8H2,1H3,(H,16,17). The first kappa shape index (κ1) is 14.3. The number of carbonyl (C=O) groups is 1. The van der Waals surface area contributed by atoms with Crippen LogP contribution in [0, 0.1) is 0 Å². The second-order valence-corrected chi connectivity index (χ2v) is 5.15. The molecule has 0 saturated carbocycles. The number of para-hydroxylation sites is 1. The quantitative estimate of drug-likeness (QED) is 0.869. The SMILES string of the molecule is CC(CCl)(CCl)NC(=O)c1cccc2c1OCCO2. The van der Waals surface area contributed by atoms with E-state index in [-0.39, 0.29) is 17.7 Å². The fourth-order valence-corrected chi connectivity index (χ4v) is 2.12. The van der Waals surface area contributed by atoms with Gasteiger partial charge >= 0.3 is 0 Å². The van der Waals surface area contributed by atoms with Gasteiger partial charge in [0.25, 0.3) is 5.91 Å². The maximum atomic E-state index is 12.3. The van der Waals surface area contributed by atoms with Crippen LogP contribution in [0.1, 0.15) is 17.3 Å². The van der Waals surface area contributed by atoms with Crippen molar-refractivity contribution in [1.82, 2.24) is 5.32 Å². The second-order valence-electron chi connectivity index (χ2n) is 4.61. The highest BCUT2D eigenvalue weighted by Crippen LogP contribution is 2.33. The topological polar surface area (TPSA) is 47.6 Å². The molecule has 0 saturated heterocycles. The fourth-order valence-electron chi connectivity index (χ4n) is 1.70. The van der Waals surface area contributed by atoms with Crippen molar-refractivity contribution in [2.75, 3.05) is 25.0 Å². The molecule has 1 heterocycles. The van der Waals surface area contributed by atoms with Crippen LogP contribution in [0.5, 0.6) is 11.5 Å². The molecular weight excluding hydrogens is 289 g/mol. The van der Waals surface area contributed by atoms with E-state index in [1.54, 1.807) is 25.1 Å². The van der Waals surface area contributed by atoms with E-state index in [1.807, 2.05) is 0 Å². The maximum absolute atomic E-state index is 12.3. The Bertz CT molecular complexity index is 475. The number of hydrogen-bond donors (Lipinski definition) is 1. The third-order valence-corrected chi connectivity index (χ3v) is 4.00. The molecule has 0 radical (unpaired) electrons. The molecule has 1 aromatic carbocycles. The number of fused-ring (bicyclic) bond motifs is 1. The van der Waals surface area contributed by atoms with Crippen LogP contribution in [0.4, 0.5) is 0 Å². The molecule has 0 atom stereocenters. The van der Waals surface area contributed by atoms with Crippen LogP contribution in [-0.2, 0) is 0 Å². The Kier molecular flexibility index (Phi) is 4.42. The lowest BCUT2D eigenvalue weighted by Gasteiger charge is -2.27. The number of rotatable bonds is 4. The normalized spacial score (nSPS) is 14.1. The van der Waals surface area contributed by atoms with Crippen LogP contribution < -0.4 is 14.8 Å². The Balaban J connectivity index is 2.25. The Labute approximate surface area is 122 Å². The summed E-state index contributed by atoms with van der Waals surface area (Å²) in [6, 6.07) is 5.21. The summed E-state index contributed by atoms with van der Waals surface area (Å²) in [5.74, 6) is 1.24. The van der Waals surface area contributed by atoms with E-state index in [0.717, 1.165) is 0 Å². The minimum atomic E-state index is -0.654. The molecule has 0 fully saturated rings. The number of ether oxygens (including phenoxy) is 2. The first-order valence-electron chi connectivity index (χ1n) is 5.93. The number of hydrogen-bond acceptors (Lipinski definition) is 3. The Morgan fingerprint density at radius 1 is 1.32 bits per heavy atom. The summed E-state index contributed by atoms with van der Waals surface area (Å²) in [6.07, 6.45) is 0. The zero-order chi connectivity index (χ0) is 13.9. The molecule has 104 valence electrons. The number of carbonyl (C=O) groups excluding carboxylic acids is 1. The van der Waals surface area contributed by atoms with E-state index in [0.29, 0.717) is 30.3 Å². The van der Waals surface area contributed by atoms with Gasteiger partial charge in [0, 0.05) is 11.8 Å². The highest BCUT2D eigenvalue weighted by Gasteiger charge is 2.28. The average Bonchev–Trinajstić information content (AvgIpc) is 2.46. The number of benzene rings is 1. The first-order valence-corrected chi connectivity index (χ1v) is 6.99. The van der Waals surface area contributed by atoms with Gasteiger partial charge in [0.15, 0.2) is 11.5 Å². The summed E-state index contributed by atoms with van der Waals surface area (Å²) in [5.41, 5.74) is -0.225. The summed E-state index contributed by atoms with van der Waals surface area (Å²) in [5, 5.41) is 2.82. The van der Waals surface area contributed by atoms with Crippen molar-refractivity contribution in [3.8, 4) is 11.5 Å². The van der Waals surface area contributed by atoms with Gasteiger partial charge < -0.3 is 14.8 Å². The van der Waals surface area contributed by atoms with Gasteiger partial charge in [0.05, 0.1) is 11.1 Å². The van der Waals surface area contributed by atoms with E-state index in [1.165, 1.54) is 0 Å². The zero-order valence-electron chi connectivity index (χ0n) is 10.5. The predicted octanol–water partition coefficient (Wildman–Crippen LogP) is 2.42. The van der Waals surface area contributed by atoms with E-state index in [2.05, 4.69) is 5.32 Å². The number of amides is 1. The van der Waals surface area contributed by atoms with E-state index < -0.39 is 5.54 Å². The Hall–Kier alpha value is -1.13. The van der Waals surface area contributed by atoms with Crippen molar-refractivity contribution < 1.29 is 14.3 Å². The van der Waals surface area contributed by atoms with Crippen LogP contribution in [0.15, 0.2) is 18.2 Å². The largest absolute Gasteiger partial charge is 0.486 e. The van der Waals surface area contributed by atoms with Crippen molar-refractivity contribution in [3.05, 3.63) is 23.8 Å². The summed E-state index contributed by atoms with van der Waals surface area (Å²) in [4.78, 5) is 12.3. The highest BCUT2D eigenvalue weighted by molar-refractivity contribution is 6.22. The smallest absolute Gasteiger partial charge is 0.255 e. The van der Waals surface area contributed by atoms with E-state index in [4.69, 9.17) is 32.7 Å². The molecule has 1 amide bonds. The summed E-state index contributed by atoms with van der Waals surface area (Å²) >= 11 is 11.7. The van der Waals surface area contributed by atoms with Gasteiger partial charge in [-0.2, -0.15) is 0 Å². The van der Waals surface area contributed by atoms with Crippen molar-refractivity contribution in [3.63, 3.8) is 0 Å². The van der Waals surface area contributed by atoms with Gasteiger partial charge in [-0.15, -0.1) is 23.2 Å². The number of nitrogens with one attached hydrogen (secondary N) is 1. The third kappa shape index (κ3) is 3.07.